The molecule has 3 fully saturated rings. The average Bonchev–Trinajstić information content (AvgIpc) is 3.44. The maximum Gasteiger partial charge on any atom is 0.491 e. The lowest BCUT2D eigenvalue weighted by atomic mass is 9.44. The molecule has 0 amide bonds. The summed E-state index contributed by atoms with van der Waals surface area (Å²) in [6, 6.07) is 3.53. The highest BCUT2D eigenvalue weighted by molar-refractivity contribution is 6.61. The number of aryl methyl sites for hydroxylation is 1. The van der Waals surface area contributed by atoms with Crippen molar-refractivity contribution in [1.29, 1.82) is 0 Å². The zero-order valence-electron chi connectivity index (χ0n) is 23.3. The van der Waals surface area contributed by atoms with Crippen molar-refractivity contribution in [3.05, 3.63) is 35.9 Å². The van der Waals surface area contributed by atoms with Crippen molar-refractivity contribution in [3.63, 3.8) is 0 Å². The number of hydrogen-bond acceptors (Lipinski definition) is 7. The van der Waals surface area contributed by atoms with Gasteiger partial charge in [0.1, 0.15) is 17.6 Å². The number of aliphatic hydroxyl groups excluding tert-OH is 1. The third-order valence-corrected chi connectivity index (χ3v) is 11.1. The molecule has 1 heterocycles. The molecule has 0 aromatic heterocycles. The van der Waals surface area contributed by atoms with Gasteiger partial charge in [0.15, 0.2) is 6.61 Å². The van der Waals surface area contributed by atoms with Gasteiger partial charge in [-0.25, -0.2) is 4.79 Å². The first-order valence-electron chi connectivity index (χ1n) is 14.0. The quantitative estimate of drug-likeness (QED) is 0.345. The van der Waals surface area contributed by atoms with E-state index in [0.29, 0.717) is 30.7 Å². The first kappa shape index (κ1) is 27.4. The van der Waals surface area contributed by atoms with E-state index in [0.717, 1.165) is 30.4 Å². The Labute approximate surface area is 226 Å². The van der Waals surface area contributed by atoms with E-state index in [1.807, 2.05) is 19.9 Å². The van der Waals surface area contributed by atoms with Crippen molar-refractivity contribution < 1.29 is 33.8 Å². The summed E-state index contributed by atoms with van der Waals surface area (Å²) >= 11 is 0. The predicted molar refractivity (Wildman–Crippen MR) is 144 cm³/mol. The molecular weight excluding hydrogens is 483 g/mol. The molecule has 3 saturated carbocycles. The van der Waals surface area contributed by atoms with Crippen LogP contribution in [0.3, 0.4) is 0 Å². The molecule has 8 heteroatoms. The van der Waals surface area contributed by atoms with E-state index >= 15 is 0 Å². The Morgan fingerprint density at radius 3 is 2.74 bits per heavy atom. The third-order valence-electron chi connectivity index (χ3n) is 11.1. The van der Waals surface area contributed by atoms with Gasteiger partial charge in [-0.15, -0.1) is 6.58 Å². The molecule has 2 N–H and O–H groups in total. The molecule has 7 nitrogen and oxygen atoms in total. The van der Waals surface area contributed by atoms with E-state index in [-0.39, 0.29) is 35.6 Å². The topological polar surface area (TPSA) is 102 Å². The molecule has 8 atom stereocenters. The molecule has 1 aromatic carbocycles. The second-order valence-electron chi connectivity index (χ2n) is 12.8. The van der Waals surface area contributed by atoms with Crippen molar-refractivity contribution in [2.75, 3.05) is 6.61 Å². The molecule has 0 unspecified atom stereocenters. The van der Waals surface area contributed by atoms with E-state index in [9.17, 15) is 19.7 Å². The number of Topliss-reactive ketones (excluding diaryl/α,β-unsaturated/α-hetero) is 1. The maximum absolute atomic E-state index is 13.5. The van der Waals surface area contributed by atoms with E-state index in [1.165, 1.54) is 0 Å². The van der Waals surface area contributed by atoms with E-state index in [2.05, 4.69) is 27.4 Å². The normalized spacial score (nSPS) is 40.1. The van der Waals surface area contributed by atoms with Gasteiger partial charge in [-0.05, 0) is 78.6 Å². The van der Waals surface area contributed by atoms with Crippen LogP contribution in [0.25, 0.3) is 0 Å². The van der Waals surface area contributed by atoms with Crippen LogP contribution in [-0.4, -0.2) is 47.8 Å². The number of esters is 1. The Bertz CT molecular complexity index is 1150. The lowest BCUT2D eigenvalue weighted by molar-refractivity contribution is -0.207. The summed E-state index contributed by atoms with van der Waals surface area (Å²) in [5, 5.41) is 21.7. The van der Waals surface area contributed by atoms with Gasteiger partial charge in [-0.1, -0.05) is 33.8 Å². The highest BCUT2D eigenvalue weighted by atomic mass is 16.6. The SMILES string of the molecule is C=C[C@]1(C)C[C@@H](OC(=O)COc2cc(C)c3c(c2)B(O)OC3)[C@@]2(C)[C@@H]3C(=O)CC[C@@]3(CC[C@@H]2C)[C@@H](C)[C@@H]1O. The van der Waals surface area contributed by atoms with Gasteiger partial charge in [0.2, 0.25) is 0 Å². The lowest BCUT2D eigenvalue weighted by Crippen LogP contribution is -2.63. The number of ether oxygens (including phenoxy) is 2. The van der Waals surface area contributed by atoms with Crippen LogP contribution in [0.4, 0.5) is 0 Å². The largest absolute Gasteiger partial charge is 0.491 e. The van der Waals surface area contributed by atoms with Gasteiger partial charge in [-0.2, -0.15) is 0 Å². The molecular formula is C30H41BO7. The molecule has 206 valence electrons. The number of hydrogen-bond donors (Lipinski definition) is 2. The zero-order valence-corrected chi connectivity index (χ0v) is 23.3. The van der Waals surface area contributed by atoms with Gasteiger partial charge < -0.3 is 24.3 Å². The molecule has 1 aliphatic heterocycles. The van der Waals surface area contributed by atoms with Crippen LogP contribution in [-0.2, 0) is 25.6 Å². The fraction of sp³-hybridized carbons (Fsp3) is 0.667. The summed E-state index contributed by atoms with van der Waals surface area (Å²) in [7, 11) is -1.00. The van der Waals surface area contributed by atoms with E-state index in [1.54, 1.807) is 12.1 Å². The van der Waals surface area contributed by atoms with Gasteiger partial charge in [0, 0.05) is 23.2 Å². The van der Waals surface area contributed by atoms with Crippen LogP contribution < -0.4 is 10.2 Å². The molecule has 0 saturated heterocycles. The Morgan fingerprint density at radius 2 is 2.03 bits per heavy atom. The highest BCUT2D eigenvalue weighted by Gasteiger charge is 2.68. The lowest BCUT2D eigenvalue weighted by Gasteiger charge is -2.61. The predicted octanol–water partition coefficient (Wildman–Crippen LogP) is 3.50. The van der Waals surface area contributed by atoms with Crippen LogP contribution in [0.1, 0.15) is 70.9 Å². The van der Waals surface area contributed by atoms with Gasteiger partial charge in [0.05, 0.1) is 12.7 Å². The van der Waals surface area contributed by atoms with Crippen molar-refractivity contribution in [2.45, 2.75) is 85.5 Å². The standard InChI is InChI=1S/C30H41BO7/c1-7-28(5)14-24(38-25(33)16-36-20-12-17(2)21-15-37-31(35)22(21)13-20)29(6)18(3)8-10-30(19(4)27(28)34)11-9-23(32)26(29)30/h7,12-13,18-19,24,26-27,34-35H,1,8-11,14-16H2,2-6H3/t18-,19-,24+,26-,27-,28+,29-,30-/m0/s1. The number of benzene rings is 1. The summed E-state index contributed by atoms with van der Waals surface area (Å²) < 4.78 is 17.4. The van der Waals surface area contributed by atoms with Crippen LogP contribution in [0.15, 0.2) is 24.8 Å². The molecule has 5 rings (SSSR count). The van der Waals surface area contributed by atoms with Gasteiger partial charge in [0.25, 0.3) is 0 Å². The first-order chi connectivity index (χ1) is 17.9. The maximum atomic E-state index is 13.5. The number of fused-ring (bicyclic) bond motifs is 1. The Balaban J connectivity index is 1.44. The number of ketones is 1. The number of aliphatic hydroxyl groups is 1. The van der Waals surface area contributed by atoms with Gasteiger partial charge in [-0.3, -0.25) is 4.79 Å². The summed E-state index contributed by atoms with van der Waals surface area (Å²) in [6.45, 7) is 14.4. The summed E-state index contributed by atoms with van der Waals surface area (Å²) in [4.78, 5) is 26.8. The summed E-state index contributed by atoms with van der Waals surface area (Å²) in [5.74, 6) is -0.00318. The minimum Gasteiger partial charge on any atom is -0.482 e. The van der Waals surface area contributed by atoms with Crippen LogP contribution in [0, 0.1) is 40.9 Å². The summed E-state index contributed by atoms with van der Waals surface area (Å²) in [5.41, 5.74) is 0.952. The number of rotatable bonds is 5. The molecule has 0 spiro atoms. The van der Waals surface area contributed by atoms with Crippen molar-refractivity contribution >= 4 is 24.3 Å². The third kappa shape index (κ3) is 3.97. The van der Waals surface area contributed by atoms with Crippen LogP contribution >= 0.6 is 0 Å². The second-order valence-corrected chi connectivity index (χ2v) is 12.8. The van der Waals surface area contributed by atoms with Crippen LogP contribution in [0.5, 0.6) is 5.75 Å². The monoisotopic (exact) mass is 524 g/mol. The van der Waals surface area contributed by atoms with E-state index < -0.39 is 36.1 Å². The molecule has 4 aliphatic rings. The van der Waals surface area contributed by atoms with E-state index in [4.69, 9.17) is 14.1 Å². The Hall–Kier alpha value is -2.16. The molecule has 3 aliphatic carbocycles. The Kier molecular flexibility index (Phi) is 6.85. The smallest absolute Gasteiger partial charge is 0.482 e. The summed E-state index contributed by atoms with van der Waals surface area (Å²) in [6.07, 6.45) is 3.98. The zero-order chi connectivity index (χ0) is 27.6. The fourth-order valence-electron chi connectivity index (χ4n) is 8.40. The second kappa shape index (κ2) is 9.49. The molecule has 0 radical (unpaired) electrons. The highest BCUT2D eigenvalue weighted by Crippen LogP contribution is 2.68. The number of carbonyl (C=O) groups is 2. The minimum atomic E-state index is -1.00. The van der Waals surface area contributed by atoms with Crippen LogP contribution in [0.2, 0.25) is 0 Å². The molecule has 38 heavy (non-hydrogen) atoms. The minimum absolute atomic E-state index is 0.0730. The number of carbonyl (C=O) groups excluding carboxylic acids is 2. The fourth-order valence-corrected chi connectivity index (χ4v) is 8.40. The van der Waals surface area contributed by atoms with Crippen molar-refractivity contribution in [3.8, 4) is 5.75 Å². The first-order valence-corrected chi connectivity index (χ1v) is 14.0. The van der Waals surface area contributed by atoms with Crippen molar-refractivity contribution in [2.24, 2.45) is 34.0 Å². The van der Waals surface area contributed by atoms with Crippen molar-refractivity contribution in [1.82, 2.24) is 0 Å². The van der Waals surface area contributed by atoms with Gasteiger partial charge >= 0.3 is 13.1 Å². The molecule has 1 aromatic rings. The average molecular weight is 524 g/mol. The molecule has 2 bridgehead atoms. The Morgan fingerprint density at radius 1 is 1.29 bits per heavy atom.